The summed E-state index contributed by atoms with van der Waals surface area (Å²) < 4.78 is 0. The van der Waals surface area contributed by atoms with Crippen molar-refractivity contribution in [1.29, 1.82) is 0 Å². The second-order valence-corrected chi connectivity index (χ2v) is 2.73. The molecule has 0 heterocycles. The Bertz CT molecular complexity index is 71.6. The van der Waals surface area contributed by atoms with E-state index in [4.69, 9.17) is 25.5 Å². The maximum atomic E-state index is 8.47. The fourth-order valence-corrected chi connectivity index (χ4v) is 0.150. The van der Waals surface area contributed by atoms with E-state index in [9.17, 15) is 0 Å². The second-order valence-electron chi connectivity index (χ2n) is 2.73. The van der Waals surface area contributed by atoms with E-state index in [1.54, 1.807) is 6.92 Å². The Kier molecular flexibility index (Phi) is 10.6. The van der Waals surface area contributed by atoms with Crippen LogP contribution in [0.1, 0.15) is 6.92 Å². The lowest BCUT2D eigenvalue weighted by Gasteiger charge is -2.20. The minimum Gasteiger partial charge on any atom is -0.396 e. The summed E-state index contributed by atoms with van der Waals surface area (Å²) in [5, 5.41) is 40.6. The number of hydrogen-bond acceptors (Lipinski definition) is 5. The molecule has 0 bridgehead atoms. The molecule has 0 amide bonds. The first-order valence-electron chi connectivity index (χ1n) is 3.64. The summed E-state index contributed by atoms with van der Waals surface area (Å²) in [5.41, 5.74) is -0.708. The Labute approximate surface area is 71.9 Å². The highest BCUT2D eigenvalue weighted by Crippen LogP contribution is 2.10. The molecule has 0 atom stereocenters. The zero-order chi connectivity index (χ0) is 10.0. The van der Waals surface area contributed by atoms with Crippen LogP contribution in [0.25, 0.3) is 0 Å². The van der Waals surface area contributed by atoms with Gasteiger partial charge in [-0.1, -0.05) is 6.92 Å². The van der Waals surface area contributed by atoms with Gasteiger partial charge in [-0.3, -0.25) is 0 Å². The van der Waals surface area contributed by atoms with E-state index in [2.05, 4.69) is 0 Å². The van der Waals surface area contributed by atoms with E-state index in [0.717, 1.165) is 0 Å². The van der Waals surface area contributed by atoms with Gasteiger partial charge in [-0.05, 0) is 0 Å². The van der Waals surface area contributed by atoms with Crippen LogP contribution in [0.4, 0.5) is 0 Å². The zero-order valence-electron chi connectivity index (χ0n) is 7.27. The highest BCUT2D eigenvalue weighted by Gasteiger charge is 2.20. The first kappa shape index (κ1) is 14.3. The third-order valence-corrected chi connectivity index (χ3v) is 1.25. The molecule has 0 saturated carbocycles. The molecular formula is C7H18O5. The maximum absolute atomic E-state index is 8.47. The molecule has 5 heteroatoms. The lowest BCUT2D eigenvalue weighted by Crippen LogP contribution is -2.29. The molecule has 0 fully saturated rings. The normalized spacial score (nSPS) is 10.5. The quantitative estimate of drug-likeness (QED) is 0.344. The van der Waals surface area contributed by atoms with Crippen molar-refractivity contribution < 1.29 is 25.5 Å². The van der Waals surface area contributed by atoms with Gasteiger partial charge in [0.1, 0.15) is 0 Å². The molecule has 0 aliphatic carbocycles. The van der Waals surface area contributed by atoms with Gasteiger partial charge in [-0.25, -0.2) is 0 Å². The van der Waals surface area contributed by atoms with Crippen LogP contribution in [0.2, 0.25) is 0 Å². The second kappa shape index (κ2) is 8.89. The fourth-order valence-electron chi connectivity index (χ4n) is 0.150. The Morgan fingerprint density at radius 1 is 0.750 bits per heavy atom. The van der Waals surface area contributed by atoms with Crippen LogP contribution in [0.15, 0.2) is 0 Å². The van der Waals surface area contributed by atoms with Crippen molar-refractivity contribution in [2.24, 2.45) is 5.41 Å². The summed E-state index contributed by atoms with van der Waals surface area (Å²) >= 11 is 0. The Hall–Kier alpha value is -0.200. The third-order valence-electron chi connectivity index (χ3n) is 1.25. The van der Waals surface area contributed by atoms with Crippen LogP contribution in [-0.4, -0.2) is 58.6 Å². The van der Waals surface area contributed by atoms with E-state index in [-0.39, 0.29) is 33.0 Å². The van der Waals surface area contributed by atoms with Gasteiger partial charge in [0, 0.05) is 5.41 Å². The van der Waals surface area contributed by atoms with Crippen LogP contribution in [0, 0.1) is 5.41 Å². The van der Waals surface area contributed by atoms with Crippen molar-refractivity contribution in [3.05, 3.63) is 0 Å². The van der Waals surface area contributed by atoms with Crippen molar-refractivity contribution in [2.75, 3.05) is 33.0 Å². The molecule has 0 aliphatic rings. The molecule has 12 heavy (non-hydrogen) atoms. The summed E-state index contributed by atoms with van der Waals surface area (Å²) in [7, 11) is 0. The van der Waals surface area contributed by atoms with Crippen molar-refractivity contribution in [2.45, 2.75) is 6.92 Å². The van der Waals surface area contributed by atoms with E-state index < -0.39 is 5.41 Å². The van der Waals surface area contributed by atoms with Crippen LogP contribution >= 0.6 is 0 Å². The van der Waals surface area contributed by atoms with Gasteiger partial charge in [-0.2, -0.15) is 0 Å². The van der Waals surface area contributed by atoms with Gasteiger partial charge < -0.3 is 25.5 Å². The van der Waals surface area contributed by atoms with Crippen molar-refractivity contribution in [1.82, 2.24) is 0 Å². The highest BCUT2D eigenvalue weighted by atomic mass is 16.3. The van der Waals surface area contributed by atoms with Gasteiger partial charge in [0.2, 0.25) is 0 Å². The average molecular weight is 182 g/mol. The molecule has 5 N–H and O–H groups in total. The van der Waals surface area contributed by atoms with Crippen molar-refractivity contribution in [3.8, 4) is 0 Å². The summed E-state index contributed by atoms with van der Waals surface area (Å²) in [5.74, 6) is 0. The number of rotatable bonds is 4. The zero-order valence-corrected chi connectivity index (χ0v) is 7.27. The first-order chi connectivity index (χ1) is 5.60. The minimum atomic E-state index is -0.708. The number of aliphatic hydroxyl groups is 5. The fraction of sp³-hybridized carbons (Fsp3) is 1.00. The SMILES string of the molecule is CC(CO)(CO)CO.OCCO. The number of aliphatic hydroxyl groups excluding tert-OH is 5. The third kappa shape index (κ3) is 7.90. The lowest BCUT2D eigenvalue weighted by molar-refractivity contribution is 0.0200. The molecule has 76 valence electrons. The molecular weight excluding hydrogens is 164 g/mol. The molecule has 0 aromatic carbocycles. The van der Waals surface area contributed by atoms with E-state index in [1.807, 2.05) is 0 Å². The molecule has 0 saturated heterocycles. The molecule has 0 radical (unpaired) electrons. The summed E-state index contributed by atoms with van der Waals surface area (Å²) in [4.78, 5) is 0. The molecule has 0 aliphatic heterocycles. The molecule has 0 spiro atoms. The molecule has 0 rings (SSSR count). The topological polar surface area (TPSA) is 101 Å². The van der Waals surface area contributed by atoms with Crippen molar-refractivity contribution in [3.63, 3.8) is 0 Å². The largest absolute Gasteiger partial charge is 0.396 e. The number of hydrogen-bond donors (Lipinski definition) is 5. The molecule has 5 nitrogen and oxygen atoms in total. The summed E-state index contributed by atoms with van der Waals surface area (Å²) in [6, 6.07) is 0. The van der Waals surface area contributed by atoms with Crippen LogP contribution in [0.5, 0.6) is 0 Å². The van der Waals surface area contributed by atoms with Gasteiger partial charge >= 0.3 is 0 Å². The standard InChI is InChI=1S/C5H12O3.C2H6O2/c1-5(2-6,3-7)4-8;3-1-2-4/h6-8H,2-4H2,1H3;3-4H,1-2H2. The van der Waals surface area contributed by atoms with E-state index >= 15 is 0 Å². The summed E-state index contributed by atoms with van der Waals surface area (Å²) in [6.45, 7) is 0.812. The van der Waals surface area contributed by atoms with Gasteiger partial charge in [0.15, 0.2) is 0 Å². The van der Waals surface area contributed by atoms with E-state index in [1.165, 1.54) is 0 Å². The Morgan fingerprint density at radius 2 is 1.00 bits per heavy atom. The van der Waals surface area contributed by atoms with Crippen LogP contribution in [-0.2, 0) is 0 Å². The van der Waals surface area contributed by atoms with Gasteiger partial charge in [0.25, 0.3) is 0 Å². The predicted molar refractivity (Wildman–Crippen MR) is 43.5 cm³/mol. The summed E-state index contributed by atoms with van der Waals surface area (Å²) in [6.07, 6.45) is 0. The molecule has 0 aromatic heterocycles. The van der Waals surface area contributed by atoms with Gasteiger partial charge in [0.05, 0.1) is 33.0 Å². The molecule has 0 aromatic rings. The highest BCUT2D eigenvalue weighted by molar-refractivity contribution is 4.69. The Morgan fingerprint density at radius 3 is 1.00 bits per heavy atom. The smallest absolute Gasteiger partial charge is 0.0662 e. The Balaban J connectivity index is 0. The van der Waals surface area contributed by atoms with Crippen molar-refractivity contribution >= 4 is 0 Å². The van der Waals surface area contributed by atoms with Crippen LogP contribution < -0.4 is 0 Å². The van der Waals surface area contributed by atoms with Gasteiger partial charge in [-0.15, -0.1) is 0 Å². The lowest BCUT2D eigenvalue weighted by atomic mass is 9.95. The maximum Gasteiger partial charge on any atom is 0.0662 e. The first-order valence-corrected chi connectivity index (χ1v) is 3.64. The monoisotopic (exact) mass is 182 g/mol. The minimum absolute atomic E-state index is 0.125. The molecule has 0 unspecified atom stereocenters. The van der Waals surface area contributed by atoms with E-state index in [0.29, 0.717) is 0 Å². The van der Waals surface area contributed by atoms with Crippen LogP contribution in [0.3, 0.4) is 0 Å². The average Bonchev–Trinajstić information content (AvgIpc) is 2.17. The predicted octanol–water partition coefficient (Wildman–Crippen LogP) is -2.06.